The Morgan fingerprint density at radius 3 is 3.00 bits per heavy atom. The van der Waals surface area contributed by atoms with E-state index in [4.69, 9.17) is 8.94 Å². The Balaban J connectivity index is 2.22. The van der Waals surface area contributed by atoms with Crippen LogP contribution in [0, 0.1) is 6.92 Å². The highest BCUT2D eigenvalue weighted by Crippen LogP contribution is 2.25. The molecule has 1 N–H and O–H groups in total. The van der Waals surface area contributed by atoms with Crippen molar-refractivity contribution in [2.24, 2.45) is 0 Å². The zero-order valence-corrected chi connectivity index (χ0v) is 10.5. The zero-order valence-electron chi connectivity index (χ0n) is 10.5. The van der Waals surface area contributed by atoms with Crippen LogP contribution in [0.5, 0.6) is 0 Å². The topological polar surface area (TPSA) is 68.3 Å². The fourth-order valence-electron chi connectivity index (χ4n) is 1.69. The molecule has 0 atom stereocenters. The van der Waals surface area contributed by atoms with Crippen LogP contribution in [0.25, 0.3) is 11.5 Å². The Morgan fingerprint density at radius 1 is 1.50 bits per heavy atom. The van der Waals surface area contributed by atoms with Crippen molar-refractivity contribution in [3.05, 3.63) is 29.7 Å². The Kier molecular flexibility index (Phi) is 3.82. The second kappa shape index (κ2) is 5.53. The molecule has 2 aromatic rings. The molecule has 0 unspecified atom stereocenters. The summed E-state index contributed by atoms with van der Waals surface area (Å²) in [4.78, 5) is 12.1. The minimum atomic E-state index is -0.173. The smallest absolute Gasteiger partial charge is 0.257 e. The van der Waals surface area contributed by atoms with Crippen molar-refractivity contribution in [1.29, 1.82) is 0 Å². The lowest BCUT2D eigenvalue weighted by atomic mass is 10.1. The molecule has 0 spiro atoms. The highest BCUT2D eigenvalue weighted by molar-refractivity contribution is 6.00. The van der Waals surface area contributed by atoms with Gasteiger partial charge in [-0.15, -0.1) is 0 Å². The Labute approximate surface area is 105 Å². The van der Waals surface area contributed by atoms with Crippen LogP contribution < -0.4 is 5.32 Å². The number of hydrogen-bond acceptors (Lipinski definition) is 4. The molecule has 0 aromatic carbocycles. The van der Waals surface area contributed by atoms with E-state index < -0.39 is 0 Å². The maximum absolute atomic E-state index is 12.1. The number of amides is 1. The van der Waals surface area contributed by atoms with Gasteiger partial charge in [0.2, 0.25) is 0 Å². The Bertz CT molecular complexity index is 514. The molecule has 2 aromatic heterocycles. The van der Waals surface area contributed by atoms with E-state index >= 15 is 0 Å². The van der Waals surface area contributed by atoms with Crippen molar-refractivity contribution >= 4 is 5.91 Å². The molecule has 0 radical (unpaired) electrons. The standard InChI is InChI=1S/C13H16N2O3/c1-3-4-7-14-13(16)11-9(2)18-15-12(11)10-6-5-8-17-10/h5-6,8H,3-4,7H2,1-2H3,(H,14,16). The maximum Gasteiger partial charge on any atom is 0.257 e. The maximum atomic E-state index is 12.1. The first-order valence-corrected chi connectivity index (χ1v) is 6.02. The van der Waals surface area contributed by atoms with E-state index in [0.717, 1.165) is 12.8 Å². The van der Waals surface area contributed by atoms with Crippen molar-refractivity contribution in [1.82, 2.24) is 10.5 Å². The SMILES string of the molecule is CCCCNC(=O)c1c(-c2ccco2)noc1C. The Morgan fingerprint density at radius 2 is 2.33 bits per heavy atom. The van der Waals surface area contributed by atoms with Crippen LogP contribution >= 0.6 is 0 Å². The molecule has 0 saturated heterocycles. The summed E-state index contributed by atoms with van der Waals surface area (Å²) in [6.07, 6.45) is 3.53. The molecule has 1 amide bonds. The van der Waals surface area contributed by atoms with Gasteiger partial charge in [0, 0.05) is 6.54 Å². The number of furan rings is 1. The monoisotopic (exact) mass is 248 g/mol. The van der Waals surface area contributed by atoms with Gasteiger partial charge >= 0.3 is 0 Å². The van der Waals surface area contributed by atoms with Gasteiger partial charge in [-0.1, -0.05) is 18.5 Å². The van der Waals surface area contributed by atoms with E-state index in [1.165, 1.54) is 6.26 Å². The van der Waals surface area contributed by atoms with Gasteiger partial charge in [-0.25, -0.2) is 0 Å². The number of hydrogen-bond donors (Lipinski definition) is 1. The third-order valence-corrected chi connectivity index (χ3v) is 2.66. The molecule has 0 aliphatic rings. The normalized spacial score (nSPS) is 10.6. The number of unbranched alkanes of at least 4 members (excludes halogenated alkanes) is 1. The number of aromatic nitrogens is 1. The van der Waals surface area contributed by atoms with E-state index in [1.807, 2.05) is 0 Å². The average Bonchev–Trinajstić information content (AvgIpc) is 2.97. The molecule has 0 saturated carbocycles. The first-order chi connectivity index (χ1) is 8.74. The van der Waals surface area contributed by atoms with E-state index in [2.05, 4.69) is 17.4 Å². The van der Waals surface area contributed by atoms with Crippen molar-refractivity contribution in [2.45, 2.75) is 26.7 Å². The lowest BCUT2D eigenvalue weighted by Gasteiger charge is -2.03. The number of nitrogens with one attached hydrogen (secondary N) is 1. The van der Waals surface area contributed by atoms with E-state index in [-0.39, 0.29) is 5.91 Å². The van der Waals surface area contributed by atoms with Gasteiger partial charge in [-0.2, -0.15) is 0 Å². The summed E-state index contributed by atoms with van der Waals surface area (Å²) in [5.74, 6) is 0.858. The molecule has 0 aliphatic carbocycles. The first kappa shape index (κ1) is 12.4. The molecule has 5 heteroatoms. The molecule has 18 heavy (non-hydrogen) atoms. The van der Waals surface area contributed by atoms with Crippen LogP contribution in [-0.2, 0) is 0 Å². The third kappa shape index (κ3) is 2.45. The fraction of sp³-hybridized carbons (Fsp3) is 0.385. The summed E-state index contributed by atoms with van der Waals surface area (Å²) in [6, 6.07) is 3.50. The quantitative estimate of drug-likeness (QED) is 0.826. The van der Waals surface area contributed by atoms with Gasteiger partial charge in [0.1, 0.15) is 11.3 Å². The van der Waals surface area contributed by atoms with Gasteiger partial charge in [-0.3, -0.25) is 4.79 Å². The van der Waals surface area contributed by atoms with Crippen molar-refractivity contribution in [3.8, 4) is 11.5 Å². The fourth-order valence-corrected chi connectivity index (χ4v) is 1.69. The largest absolute Gasteiger partial charge is 0.463 e. The second-order valence-corrected chi connectivity index (χ2v) is 4.05. The van der Waals surface area contributed by atoms with E-state index in [1.54, 1.807) is 19.1 Å². The van der Waals surface area contributed by atoms with Crippen molar-refractivity contribution in [2.75, 3.05) is 6.54 Å². The molecular formula is C13H16N2O3. The number of carbonyl (C=O) groups excluding carboxylic acids is 1. The summed E-state index contributed by atoms with van der Waals surface area (Å²) in [7, 11) is 0. The highest BCUT2D eigenvalue weighted by atomic mass is 16.5. The predicted molar refractivity (Wildman–Crippen MR) is 66.2 cm³/mol. The van der Waals surface area contributed by atoms with Gasteiger partial charge in [-0.05, 0) is 25.5 Å². The molecule has 0 aliphatic heterocycles. The van der Waals surface area contributed by atoms with Gasteiger partial charge in [0.15, 0.2) is 11.5 Å². The molecule has 96 valence electrons. The number of aryl methyl sites for hydroxylation is 1. The first-order valence-electron chi connectivity index (χ1n) is 6.02. The minimum absolute atomic E-state index is 0.173. The van der Waals surface area contributed by atoms with Crippen LogP contribution in [0.4, 0.5) is 0 Å². The number of rotatable bonds is 5. The van der Waals surface area contributed by atoms with Gasteiger partial charge in [0.25, 0.3) is 5.91 Å². The average molecular weight is 248 g/mol. The summed E-state index contributed by atoms with van der Waals surface area (Å²) in [5.41, 5.74) is 0.896. The third-order valence-electron chi connectivity index (χ3n) is 2.66. The number of nitrogens with zero attached hydrogens (tertiary/aromatic N) is 1. The van der Waals surface area contributed by atoms with Gasteiger partial charge in [0.05, 0.1) is 6.26 Å². The summed E-state index contributed by atoms with van der Waals surface area (Å²) in [5, 5.41) is 6.73. The summed E-state index contributed by atoms with van der Waals surface area (Å²) < 4.78 is 10.3. The molecule has 2 rings (SSSR count). The molecule has 0 bridgehead atoms. The predicted octanol–water partition coefficient (Wildman–Crippen LogP) is 2.77. The van der Waals surface area contributed by atoms with Crippen LogP contribution in [-0.4, -0.2) is 17.6 Å². The summed E-state index contributed by atoms with van der Waals surface area (Å²) in [6.45, 7) is 4.44. The van der Waals surface area contributed by atoms with Crippen LogP contribution in [0.3, 0.4) is 0 Å². The lowest BCUT2D eigenvalue weighted by molar-refractivity contribution is 0.0952. The Hall–Kier alpha value is -2.04. The van der Waals surface area contributed by atoms with Crippen LogP contribution in [0.1, 0.15) is 35.9 Å². The minimum Gasteiger partial charge on any atom is -0.463 e. The molecule has 0 fully saturated rings. The van der Waals surface area contributed by atoms with Crippen LogP contribution in [0.2, 0.25) is 0 Å². The molecule has 5 nitrogen and oxygen atoms in total. The van der Waals surface area contributed by atoms with Crippen molar-refractivity contribution in [3.63, 3.8) is 0 Å². The summed E-state index contributed by atoms with van der Waals surface area (Å²) >= 11 is 0. The zero-order chi connectivity index (χ0) is 13.0. The molecular weight excluding hydrogens is 232 g/mol. The van der Waals surface area contributed by atoms with Crippen LogP contribution in [0.15, 0.2) is 27.3 Å². The van der Waals surface area contributed by atoms with E-state index in [9.17, 15) is 4.79 Å². The van der Waals surface area contributed by atoms with E-state index in [0.29, 0.717) is 29.3 Å². The van der Waals surface area contributed by atoms with Crippen molar-refractivity contribution < 1.29 is 13.7 Å². The number of carbonyl (C=O) groups is 1. The second-order valence-electron chi connectivity index (χ2n) is 4.05. The highest BCUT2D eigenvalue weighted by Gasteiger charge is 2.22. The lowest BCUT2D eigenvalue weighted by Crippen LogP contribution is -2.25. The van der Waals surface area contributed by atoms with Gasteiger partial charge < -0.3 is 14.3 Å². The molecule has 2 heterocycles.